The quantitative estimate of drug-likeness (QED) is 0.763. The van der Waals surface area contributed by atoms with Gasteiger partial charge in [0.05, 0.1) is 0 Å². The van der Waals surface area contributed by atoms with Gasteiger partial charge in [-0.3, -0.25) is 4.79 Å². The summed E-state index contributed by atoms with van der Waals surface area (Å²) >= 11 is 0. The van der Waals surface area contributed by atoms with Crippen molar-refractivity contribution in [1.82, 2.24) is 4.98 Å². The van der Waals surface area contributed by atoms with E-state index in [1.807, 2.05) is 58.2 Å². The van der Waals surface area contributed by atoms with Crippen molar-refractivity contribution in [3.63, 3.8) is 0 Å². The molecular weight excluding hydrogens is 240 g/mol. The van der Waals surface area contributed by atoms with Crippen LogP contribution in [0, 0.1) is 0 Å². The minimum atomic E-state index is -0.981. The van der Waals surface area contributed by atoms with E-state index >= 15 is 0 Å². The Bertz CT molecular complexity index is 527. The Morgan fingerprint density at radius 2 is 2.11 bits per heavy atom. The van der Waals surface area contributed by atoms with Gasteiger partial charge in [0, 0.05) is 23.2 Å². The Balaban J connectivity index is 0.00000154. The van der Waals surface area contributed by atoms with Crippen LogP contribution in [-0.2, 0) is 11.2 Å². The van der Waals surface area contributed by atoms with Crippen LogP contribution in [0.1, 0.15) is 33.3 Å². The van der Waals surface area contributed by atoms with Crippen LogP contribution >= 0.6 is 0 Å². The first-order valence-corrected chi connectivity index (χ1v) is 6.54. The number of nitrogens with two attached hydrogens (primary N) is 1. The van der Waals surface area contributed by atoms with Gasteiger partial charge in [0.15, 0.2) is 0 Å². The highest BCUT2D eigenvalue weighted by atomic mass is 16.4. The van der Waals surface area contributed by atoms with Gasteiger partial charge >= 0.3 is 5.97 Å². The van der Waals surface area contributed by atoms with Crippen LogP contribution in [0.25, 0.3) is 12.2 Å². The summed E-state index contributed by atoms with van der Waals surface area (Å²) in [5.74, 6) is -0.981. The van der Waals surface area contributed by atoms with Crippen LogP contribution < -0.4 is 16.3 Å². The Hall–Kier alpha value is -1.81. The van der Waals surface area contributed by atoms with Crippen LogP contribution in [0.4, 0.5) is 0 Å². The molecule has 1 atom stereocenters. The third-order valence-corrected chi connectivity index (χ3v) is 2.54. The number of hydrogen-bond acceptors (Lipinski definition) is 2. The summed E-state index contributed by atoms with van der Waals surface area (Å²) in [6, 6.07) is -0.867. The summed E-state index contributed by atoms with van der Waals surface area (Å²) in [4.78, 5) is 13.8. The second-order valence-corrected chi connectivity index (χ2v) is 3.77. The molecule has 0 aliphatic rings. The average molecular weight is 264 g/mol. The predicted octanol–water partition coefficient (Wildman–Crippen LogP) is 1.15. The van der Waals surface area contributed by atoms with Gasteiger partial charge in [-0.25, -0.2) is 0 Å². The van der Waals surface area contributed by atoms with Gasteiger partial charge in [0.1, 0.15) is 6.04 Å². The summed E-state index contributed by atoms with van der Waals surface area (Å²) < 4.78 is 0. The first-order chi connectivity index (χ1) is 9.10. The van der Waals surface area contributed by atoms with Gasteiger partial charge in [-0.05, 0) is 19.4 Å². The van der Waals surface area contributed by atoms with Crippen molar-refractivity contribution in [2.75, 3.05) is 0 Å². The Kier molecular flexibility index (Phi) is 8.29. The summed E-state index contributed by atoms with van der Waals surface area (Å²) in [6.07, 6.45) is 9.89. The zero-order valence-electron chi connectivity index (χ0n) is 12.1. The number of nitrogens with one attached hydrogen (secondary N) is 1. The van der Waals surface area contributed by atoms with E-state index in [1.54, 1.807) is 0 Å². The Labute approximate surface area is 114 Å². The molecule has 1 rings (SSSR count). The lowest BCUT2D eigenvalue weighted by atomic mass is 10.1. The number of H-pyrrole nitrogens is 1. The molecule has 4 heteroatoms. The molecule has 4 N–H and O–H groups in total. The zero-order chi connectivity index (χ0) is 14.8. The molecule has 0 spiro atoms. The maximum Gasteiger partial charge on any atom is 0.320 e. The molecule has 19 heavy (non-hydrogen) atoms. The molecule has 1 aromatic rings. The number of hydrogen-bond donors (Lipinski definition) is 3. The first kappa shape index (κ1) is 17.2. The lowest BCUT2D eigenvalue weighted by Crippen LogP contribution is -2.35. The van der Waals surface area contributed by atoms with Crippen molar-refractivity contribution in [3.8, 4) is 0 Å². The van der Waals surface area contributed by atoms with Crippen molar-refractivity contribution in [2.24, 2.45) is 5.73 Å². The molecule has 0 saturated carbocycles. The number of allylic oxidation sites excluding steroid dienone is 2. The van der Waals surface area contributed by atoms with Gasteiger partial charge in [-0.2, -0.15) is 0 Å². The van der Waals surface area contributed by atoms with E-state index in [0.717, 1.165) is 16.1 Å². The van der Waals surface area contributed by atoms with Crippen molar-refractivity contribution in [3.05, 3.63) is 34.5 Å². The average Bonchev–Trinajstić information content (AvgIpc) is 2.80. The van der Waals surface area contributed by atoms with E-state index in [0.29, 0.717) is 6.42 Å². The second kappa shape index (κ2) is 9.16. The van der Waals surface area contributed by atoms with Gasteiger partial charge < -0.3 is 15.8 Å². The van der Waals surface area contributed by atoms with Crippen molar-refractivity contribution < 1.29 is 9.90 Å². The van der Waals surface area contributed by atoms with Crippen molar-refractivity contribution in [2.45, 2.75) is 40.2 Å². The maximum atomic E-state index is 10.7. The van der Waals surface area contributed by atoms with E-state index < -0.39 is 12.0 Å². The maximum absolute atomic E-state index is 10.7. The molecule has 0 aromatic carbocycles. The van der Waals surface area contributed by atoms with Gasteiger partial charge in [0.2, 0.25) is 0 Å². The van der Waals surface area contributed by atoms with Crippen LogP contribution in [0.5, 0.6) is 0 Å². The number of aromatic nitrogens is 1. The van der Waals surface area contributed by atoms with E-state index in [-0.39, 0.29) is 0 Å². The molecule has 0 aliphatic carbocycles. The fraction of sp³-hybridized carbons (Fsp3) is 0.400. The minimum absolute atomic E-state index is 0.322. The summed E-state index contributed by atoms with van der Waals surface area (Å²) in [6.45, 7) is 7.86. The molecule has 4 nitrogen and oxygen atoms in total. The molecular formula is C15H24N2O2. The lowest BCUT2D eigenvalue weighted by Gasteiger charge is -2.03. The molecule has 0 radical (unpaired) electrons. The number of carbonyl (C=O) groups is 1. The fourth-order valence-corrected chi connectivity index (χ4v) is 1.61. The van der Waals surface area contributed by atoms with E-state index in [1.165, 1.54) is 0 Å². The van der Waals surface area contributed by atoms with Gasteiger partial charge in [-0.1, -0.05) is 38.2 Å². The summed E-state index contributed by atoms with van der Waals surface area (Å²) in [7, 11) is 0. The normalized spacial score (nSPS) is 14.4. The Morgan fingerprint density at radius 1 is 1.47 bits per heavy atom. The van der Waals surface area contributed by atoms with Crippen molar-refractivity contribution >= 4 is 18.1 Å². The molecule has 1 heterocycles. The van der Waals surface area contributed by atoms with Gasteiger partial charge in [-0.15, -0.1) is 0 Å². The van der Waals surface area contributed by atoms with Gasteiger partial charge in [0.25, 0.3) is 0 Å². The standard InChI is InChI=1S/C13H18N2O2.C2H6/c1-3-5-6-10-9(7-11(14)13(16)17)8-15-12(10)4-2;1-2/h3-6,8,11,15H,7,14H2,1-2H3,(H,16,17);1-2H3/b5-3-,10-6-,12-4+;. The molecule has 0 fully saturated rings. The monoisotopic (exact) mass is 264 g/mol. The number of aromatic amines is 1. The molecule has 0 aliphatic heterocycles. The highest BCUT2D eigenvalue weighted by molar-refractivity contribution is 5.73. The Morgan fingerprint density at radius 3 is 2.58 bits per heavy atom. The SMILES string of the molecule is CC.C\C=C/C=c1/c(CC(N)C(=O)O)c[nH]/c1=C/C. The van der Waals surface area contributed by atoms with Crippen LogP contribution in [0.15, 0.2) is 18.3 Å². The molecule has 106 valence electrons. The number of aliphatic carboxylic acids is 1. The van der Waals surface area contributed by atoms with E-state index in [9.17, 15) is 4.79 Å². The molecule has 0 saturated heterocycles. The largest absolute Gasteiger partial charge is 0.480 e. The number of rotatable bonds is 4. The van der Waals surface area contributed by atoms with Crippen molar-refractivity contribution in [1.29, 1.82) is 0 Å². The topological polar surface area (TPSA) is 79.1 Å². The summed E-state index contributed by atoms with van der Waals surface area (Å²) in [5, 5.41) is 10.8. The van der Waals surface area contributed by atoms with Crippen LogP contribution in [0.3, 0.4) is 0 Å². The zero-order valence-corrected chi connectivity index (χ0v) is 12.1. The smallest absolute Gasteiger partial charge is 0.320 e. The third-order valence-electron chi connectivity index (χ3n) is 2.54. The second-order valence-electron chi connectivity index (χ2n) is 3.77. The van der Waals surface area contributed by atoms with E-state index in [2.05, 4.69) is 4.98 Å². The number of carboxylic acid groups (broad SMARTS) is 1. The summed E-state index contributed by atoms with van der Waals surface area (Å²) in [5.41, 5.74) is 6.46. The van der Waals surface area contributed by atoms with Crippen LogP contribution in [0.2, 0.25) is 0 Å². The highest BCUT2D eigenvalue weighted by Crippen LogP contribution is 1.94. The number of carboxylic acids is 1. The highest BCUT2D eigenvalue weighted by Gasteiger charge is 2.13. The molecule has 1 aromatic heterocycles. The predicted molar refractivity (Wildman–Crippen MR) is 80.1 cm³/mol. The lowest BCUT2D eigenvalue weighted by molar-refractivity contribution is -0.138. The van der Waals surface area contributed by atoms with E-state index in [4.69, 9.17) is 10.8 Å². The molecule has 0 amide bonds. The fourth-order valence-electron chi connectivity index (χ4n) is 1.61. The molecule has 1 unspecified atom stereocenters. The third kappa shape index (κ3) is 5.14. The first-order valence-electron chi connectivity index (χ1n) is 6.54. The minimum Gasteiger partial charge on any atom is -0.480 e. The molecule has 0 bridgehead atoms. The van der Waals surface area contributed by atoms with Crippen LogP contribution in [-0.4, -0.2) is 22.1 Å².